The molecular formula is C16H29N3. The van der Waals surface area contributed by atoms with Crippen LogP contribution in [0.2, 0.25) is 0 Å². The summed E-state index contributed by atoms with van der Waals surface area (Å²) in [5.41, 5.74) is 2.95. The minimum absolute atomic E-state index is 0.557. The highest BCUT2D eigenvalue weighted by Crippen LogP contribution is 2.42. The molecule has 0 unspecified atom stereocenters. The van der Waals surface area contributed by atoms with Gasteiger partial charge in [0.2, 0.25) is 0 Å². The summed E-state index contributed by atoms with van der Waals surface area (Å²) >= 11 is 0. The van der Waals surface area contributed by atoms with Gasteiger partial charge in [0.1, 0.15) is 0 Å². The fourth-order valence-electron chi connectivity index (χ4n) is 3.73. The van der Waals surface area contributed by atoms with Crippen molar-refractivity contribution in [1.82, 2.24) is 15.1 Å². The third-order valence-electron chi connectivity index (χ3n) is 4.41. The van der Waals surface area contributed by atoms with Crippen molar-refractivity contribution in [2.45, 2.75) is 59.4 Å². The van der Waals surface area contributed by atoms with Crippen LogP contribution in [0.25, 0.3) is 0 Å². The molecular weight excluding hydrogens is 234 g/mol. The Morgan fingerprint density at radius 1 is 1.37 bits per heavy atom. The van der Waals surface area contributed by atoms with Crippen molar-refractivity contribution in [3.63, 3.8) is 0 Å². The van der Waals surface area contributed by atoms with Gasteiger partial charge in [-0.3, -0.25) is 4.68 Å². The van der Waals surface area contributed by atoms with Crippen molar-refractivity contribution in [3.05, 3.63) is 17.5 Å². The molecule has 0 aliphatic heterocycles. The molecule has 1 fully saturated rings. The highest BCUT2D eigenvalue weighted by atomic mass is 15.3. The standard InChI is InChI=1S/C16H29N3/c1-13(2)10-16(7-5-6-8-16)12-17-11-15-9-14(3)18-19(15)4/h9,13,17H,5-8,10-12H2,1-4H3. The Labute approximate surface area is 117 Å². The smallest absolute Gasteiger partial charge is 0.0597 e. The largest absolute Gasteiger partial charge is 0.311 e. The van der Waals surface area contributed by atoms with Crippen LogP contribution in [0, 0.1) is 18.3 Å². The normalized spacial score (nSPS) is 18.4. The fourth-order valence-corrected chi connectivity index (χ4v) is 3.73. The van der Waals surface area contributed by atoms with Crippen molar-refractivity contribution in [3.8, 4) is 0 Å². The number of rotatable bonds is 6. The molecule has 1 aromatic heterocycles. The van der Waals surface area contributed by atoms with Crippen molar-refractivity contribution < 1.29 is 0 Å². The Kier molecular flexibility index (Phi) is 4.67. The van der Waals surface area contributed by atoms with E-state index in [4.69, 9.17) is 0 Å². The van der Waals surface area contributed by atoms with Crippen LogP contribution in [-0.2, 0) is 13.6 Å². The van der Waals surface area contributed by atoms with Crippen LogP contribution in [0.1, 0.15) is 57.3 Å². The van der Waals surface area contributed by atoms with E-state index in [1.165, 1.54) is 37.8 Å². The summed E-state index contributed by atoms with van der Waals surface area (Å²) in [4.78, 5) is 0. The summed E-state index contributed by atoms with van der Waals surface area (Å²) in [5, 5.41) is 8.09. The summed E-state index contributed by atoms with van der Waals surface area (Å²) in [6.07, 6.45) is 7.01. The molecule has 3 heteroatoms. The van der Waals surface area contributed by atoms with Crippen LogP contribution in [0.5, 0.6) is 0 Å². The van der Waals surface area contributed by atoms with Gasteiger partial charge in [0.15, 0.2) is 0 Å². The Balaban J connectivity index is 1.87. The molecule has 0 bridgehead atoms. The molecule has 3 nitrogen and oxygen atoms in total. The first-order valence-corrected chi connectivity index (χ1v) is 7.71. The van der Waals surface area contributed by atoms with Gasteiger partial charge < -0.3 is 5.32 Å². The fraction of sp³-hybridized carbons (Fsp3) is 0.812. The zero-order valence-corrected chi connectivity index (χ0v) is 13.0. The Morgan fingerprint density at radius 2 is 2.05 bits per heavy atom. The molecule has 1 aliphatic rings. The van der Waals surface area contributed by atoms with Gasteiger partial charge in [0.25, 0.3) is 0 Å². The van der Waals surface area contributed by atoms with E-state index in [2.05, 4.69) is 37.3 Å². The third-order valence-corrected chi connectivity index (χ3v) is 4.41. The average molecular weight is 263 g/mol. The number of aryl methyl sites for hydroxylation is 2. The predicted molar refractivity (Wildman–Crippen MR) is 80.0 cm³/mol. The second-order valence-electron chi connectivity index (χ2n) is 6.81. The lowest BCUT2D eigenvalue weighted by molar-refractivity contribution is 0.223. The van der Waals surface area contributed by atoms with Crippen molar-refractivity contribution >= 4 is 0 Å². The van der Waals surface area contributed by atoms with E-state index in [1.807, 2.05) is 11.7 Å². The summed E-state index contributed by atoms with van der Waals surface area (Å²) in [7, 11) is 2.03. The highest BCUT2D eigenvalue weighted by molar-refractivity contribution is 5.08. The summed E-state index contributed by atoms with van der Waals surface area (Å²) in [6.45, 7) is 8.86. The quantitative estimate of drug-likeness (QED) is 0.852. The molecule has 19 heavy (non-hydrogen) atoms. The summed E-state index contributed by atoms with van der Waals surface area (Å²) < 4.78 is 1.99. The van der Waals surface area contributed by atoms with Gasteiger partial charge in [-0.2, -0.15) is 5.10 Å². The predicted octanol–water partition coefficient (Wildman–Crippen LogP) is 3.42. The maximum absolute atomic E-state index is 4.40. The lowest BCUT2D eigenvalue weighted by Crippen LogP contribution is -2.33. The van der Waals surface area contributed by atoms with Gasteiger partial charge in [-0.05, 0) is 43.6 Å². The zero-order chi connectivity index (χ0) is 13.9. The van der Waals surface area contributed by atoms with Crippen molar-refractivity contribution in [2.24, 2.45) is 18.4 Å². The van der Waals surface area contributed by atoms with Gasteiger partial charge in [-0.25, -0.2) is 0 Å². The number of hydrogen-bond donors (Lipinski definition) is 1. The number of hydrogen-bond acceptors (Lipinski definition) is 2. The first-order valence-electron chi connectivity index (χ1n) is 7.71. The van der Waals surface area contributed by atoms with E-state index in [1.54, 1.807) is 0 Å². The minimum atomic E-state index is 0.557. The molecule has 0 amide bonds. The topological polar surface area (TPSA) is 29.9 Å². The van der Waals surface area contributed by atoms with E-state index in [0.29, 0.717) is 5.41 Å². The van der Waals surface area contributed by atoms with Gasteiger partial charge >= 0.3 is 0 Å². The van der Waals surface area contributed by atoms with Gasteiger partial charge in [-0.15, -0.1) is 0 Å². The first-order chi connectivity index (χ1) is 9.01. The number of nitrogens with zero attached hydrogens (tertiary/aromatic N) is 2. The molecule has 0 saturated heterocycles. The third kappa shape index (κ3) is 3.82. The molecule has 1 aliphatic carbocycles. The maximum Gasteiger partial charge on any atom is 0.0597 e. The van der Waals surface area contributed by atoms with Crippen LogP contribution < -0.4 is 5.32 Å². The molecule has 0 radical (unpaired) electrons. The van der Waals surface area contributed by atoms with Crippen LogP contribution >= 0.6 is 0 Å². The zero-order valence-electron chi connectivity index (χ0n) is 13.0. The van der Waals surface area contributed by atoms with E-state index in [-0.39, 0.29) is 0 Å². The minimum Gasteiger partial charge on any atom is -0.311 e. The van der Waals surface area contributed by atoms with E-state index < -0.39 is 0 Å². The van der Waals surface area contributed by atoms with Gasteiger partial charge in [0, 0.05) is 20.1 Å². The lowest BCUT2D eigenvalue weighted by atomic mass is 9.78. The molecule has 0 spiro atoms. The highest BCUT2D eigenvalue weighted by Gasteiger charge is 2.33. The summed E-state index contributed by atoms with van der Waals surface area (Å²) in [5.74, 6) is 0.804. The van der Waals surface area contributed by atoms with E-state index in [0.717, 1.165) is 24.7 Å². The van der Waals surface area contributed by atoms with Crippen LogP contribution in [0.15, 0.2) is 6.07 Å². The summed E-state index contributed by atoms with van der Waals surface area (Å²) in [6, 6.07) is 2.18. The van der Waals surface area contributed by atoms with Crippen molar-refractivity contribution in [2.75, 3.05) is 6.54 Å². The maximum atomic E-state index is 4.40. The SMILES string of the molecule is Cc1cc(CNCC2(CC(C)C)CCCC2)n(C)n1. The monoisotopic (exact) mass is 263 g/mol. The second kappa shape index (κ2) is 6.08. The molecule has 1 saturated carbocycles. The van der Waals surface area contributed by atoms with Crippen LogP contribution in [0.3, 0.4) is 0 Å². The molecule has 108 valence electrons. The Morgan fingerprint density at radius 3 is 2.58 bits per heavy atom. The second-order valence-corrected chi connectivity index (χ2v) is 6.81. The molecule has 1 N–H and O–H groups in total. The lowest BCUT2D eigenvalue weighted by Gasteiger charge is -2.31. The van der Waals surface area contributed by atoms with Crippen molar-refractivity contribution in [1.29, 1.82) is 0 Å². The van der Waals surface area contributed by atoms with Crippen LogP contribution in [0.4, 0.5) is 0 Å². The van der Waals surface area contributed by atoms with Crippen LogP contribution in [-0.4, -0.2) is 16.3 Å². The van der Waals surface area contributed by atoms with Gasteiger partial charge in [0.05, 0.1) is 11.4 Å². The first kappa shape index (κ1) is 14.6. The Bertz CT molecular complexity index is 400. The Hall–Kier alpha value is -0.830. The van der Waals surface area contributed by atoms with E-state index in [9.17, 15) is 0 Å². The number of nitrogens with one attached hydrogen (secondary N) is 1. The molecule has 0 atom stereocenters. The number of aromatic nitrogens is 2. The molecule has 2 rings (SSSR count). The molecule has 0 aromatic carbocycles. The van der Waals surface area contributed by atoms with E-state index >= 15 is 0 Å². The average Bonchev–Trinajstić information content (AvgIpc) is 2.86. The molecule has 1 aromatic rings. The molecule has 1 heterocycles. The van der Waals surface area contributed by atoms with Gasteiger partial charge in [-0.1, -0.05) is 26.7 Å².